The van der Waals surface area contributed by atoms with Crippen molar-refractivity contribution in [2.45, 2.75) is 6.42 Å². The summed E-state index contributed by atoms with van der Waals surface area (Å²) in [6.45, 7) is 0. The highest BCUT2D eigenvalue weighted by Crippen LogP contribution is 2.10. The first-order valence-corrected chi connectivity index (χ1v) is 5.93. The summed E-state index contributed by atoms with van der Waals surface area (Å²) in [4.78, 5) is 5.42. The maximum absolute atomic E-state index is 7.50. The summed E-state index contributed by atoms with van der Waals surface area (Å²) in [5, 5.41) is 9.56. The molecule has 2 aromatic heterocycles. The van der Waals surface area contributed by atoms with Crippen molar-refractivity contribution in [2.75, 3.05) is 0 Å². The third-order valence-corrected chi connectivity index (χ3v) is 2.91. The Labute approximate surface area is 98.4 Å². The monoisotopic (exact) mass is 228 g/mol. The predicted octanol–water partition coefficient (Wildman–Crippen LogP) is 2.88. The van der Waals surface area contributed by atoms with Gasteiger partial charge in [-0.2, -0.15) is 0 Å². The first-order chi connectivity index (χ1) is 7.84. The summed E-state index contributed by atoms with van der Waals surface area (Å²) < 4.78 is 0. The van der Waals surface area contributed by atoms with E-state index in [0.29, 0.717) is 5.49 Å². The van der Waals surface area contributed by atoms with E-state index >= 15 is 0 Å². The van der Waals surface area contributed by atoms with Crippen molar-refractivity contribution < 1.29 is 0 Å². The number of aromatic nitrogens is 1. The van der Waals surface area contributed by atoms with Crippen molar-refractivity contribution in [2.24, 2.45) is 0 Å². The third kappa shape index (κ3) is 3.14. The molecular formula is C13H12N2S. The number of rotatable bonds is 3. The molecule has 0 saturated carbocycles. The number of allylic oxidation sites excluding steroid dienone is 1. The van der Waals surface area contributed by atoms with E-state index in [2.05, 4.69) is 28.6 Å². The Morgan fingerprint density at radius 3 is 2.88 bits per heavy atom. The van der Waals surface area contributed by atoms with E-state index in [1.165, 1.54) is 4.88 Å². The van der Waals surface area contributed by atoms with E-state index < -0.39 is 0 Å². The second kappa shape index (κ2) is 5.37. The zero-order chi connectivity index (χ0) is 11.2. The Balaban J connectivity index is 2.08. The third-order valence-electron chi connectivity index (χ3n) is 2.07. The lowest BCUT2D eigenvalue weighted by Crippen LogP contribution is -2.01. The van der Waals surface area contributed by atoms with Gasteiger partial charge in [-0.3, -0.25) is 5.41 Å². The van der Waals surface area contributed by atoms with Crippen LogP contribution in [0, 0.1) is 5.41 Å². The van der Waals surface area contributed by atoms with Gasteiger partial charge in [-0.15, -0.1) is 11.3 Å². The molecule has 0 aliphatic carbocycles. The van der Waals surface area contributed by atoms with Gasteiger partial charge in [0.15, 0.2) is 0 Å². The molecule has 0 bridgehead atoms. The Bertz CT molecular complexity index is 530. The lowest BCUT2D eigenvalue weighted by atomic mass is 10.2. The van der Waals surface area contributed by atoms with Gasteiger partial charge in [0.1, 0.15) is 5.49 Å². The highest BCUT2D eigenvalue weighted by molar-refractivity contribution is 7.10. The summed E-state index contributed by atoms with van der Waals surface area (Å²) in [5.41, 5.74) is 1.23. The van der Waals surface area contributed by atoms with Crippen LogP contribution in [-0.4, -0.2) is 4.98 Å². The minimum absolute atomic E-state index is 0.310. The van der Waals surface area contributed by atoms with Gasteiger partial charge in [0.25, 0.3) is 0 Å². The molecule has 0 saturated heterocycles. The second-order valence-electron chi connectivity index (χ2n) is 3.33. The van der Waals surface area contributed by atoms with Gasteiger partial charge in [-0.05, 0) is 29.7 Å². The number of hydrogen-bond acceptors (Lipinski definition) is 3. The molecule has 0 atom stereocenters. The molecule has 0 radical (unpaired) electrons. The summed E-state index contributed by atoms with van der Waals surface area (Å²) in [6.07, 6.45) is 4.93. The fourth-order valence-electron chi connectivity index (χ4n) is 1.34. The van der Waals surface area contributed by atoms with E-state index in [-0.39, 0.29) is 0 Å². The van der Waals surface area contributed by atoms with Gasteiger partial charge in [0, 0.05) is 17.0 Å². The molecule has 0 fully saturated rings. The molecular weight excluding hydrogens is 216 g/mol. The molecule has 0 unspecified atom stereocenters. The van der Waals surface area contributed by atoms with Crippen LogP contribution >= 0.6 is 11.3 Å². The van der Waals surface area contributed by atoms with Crippen LogP contribution in [0.1, 0.15) is 10.6 Å². The fourth-order valence-corrected chi connectivity index (χ4v) is 1.98. The quantitative estimate of drug-likeness (QED) is 0.861. The maximum atomic E-state index is 7.50. The Kier molecular flexibility index (Phi) is 3.62. The van der Waals surface area contributed by atoms with E-state index in [9.17, 15) is 0 Å². The number of hydrogen-bond donors (Lipinski definition) is 1. The van der Waals surface area contributed by atoms with Crippen molar-refractivity contribution in [1.29, 1.82) is 5.41 Å². The molecule has 0 aliphatic rings. The van der Waals surface area contributed by atoms with Crippen LogP contribution in [0.3, 0.4) is 0 Å². The molecule has 0 aromatic carbocycles. The predicted molar refractivity (Wildman–Crippen MR) is 67.1 cm³/mol. The molecule has 80 valence electrons. The van der Waals surface area contributed by atoms with Gasteiger partial charge >= 0.3 is 0 Å². The van der Waals surface area contributed by atoms with Crippen LogP contribution in [-0.2, 0) is 6.42 Å². The molecule has 2 nitrogen and oxygen atoms in total. The minimum atomic E-state index is 0.310. The topological polar surface area (TPSA) is 36.7 Å². The van der Waals surface area contributed by atoms with E-state index in [1.54, 1.807) is 17.4 Å². The van der Waals surface area contributed by atoms with Crippen molar-refractivity contribution in [3.63, 3.8) is 0 Å². The Morgan fingerprint density at radius 2 is 2.06 bits per heavy atom. The first-order valence-electron chi connectivity index (χ1n) is 5.05. The average molecular weight is 228 g/mol. The molecule has 0 aliphatic heterocycles. The van der Waals surface area contributed by atoms with Gasteiger partial charge in [-0.1, -0.05) is 24.3 Å². The lowest BCUT2D eigenvalue weighted by molar-refractivity contribution is 1.03. The van der Waals surface area contributed by atoms with E-state index in [0.717, 1.165) is 12.1 Å². The standard InChI is InChI=1S/C13H12N2S/c14-13-9-2-1-5-11(15-13)6-3-7-12-8-4-10-16-12/h1-5,7-10,14H,6H2. The first kappa shape index (κ1) is 10.8. The molecule has 2 heterocycles. The number of nitrogens with zero attached hydrogens (tertiary/aromatic N) is 1. The zero-order valence-electron chi connectivity index (χ0n) is 8.76. The summed E-state index contributed by atoms with van der Waals surface area (Å²) in [6, 6.07) is 11.5. The van der Waals surface area contributed by atoms with Crippen molar-refractivity contribution in [1.82, 2.24) is 4.98 Å². The van der Waals surface area contributed by atoms with Crippen LogP contribution in [0.2, 0.25) is 0 Å². The highest BCUT2D eigenvalue weighted by atomic mass is 32.1. The molecule has 2 rings (SSSR count). The van der Waals surface area contributed by atoms with E-state index in [4.69, 9.17) is 5.41 Å². The zero-order valence-corrected chi connectivity index (χ0v) is 9.58. The molecule has 0 amide bonds. The van der Waals surface area contributed by atoms with Gasteiger partial charge in [0.05, 0.1) is 0 Å². The summed E-state index contributed by atoms with van der Waals surface area (Å²) in [5.74, 6) is 0. The van der Waals surface area contributed by atoms with Crippen LogP contribution in [0.15, 0.2) is 47.9 Å². The second-order valence-corrected chi connectivity index (χ2v) is 4.31. The molecule has 3 heteroatoms. The fraction of sp³-hybridized carbons (Fsp3) is 0.0769. The van der Waals surface area contributed by atoms with Crippen molar-refractivity contribution >= 4 is 17.4 Å². The van der Waals surface area contributed by atoms with E-state index in [1.807, 2.05) is 24.3 Å². The largest absolute Gasteiger partial charge is 0.283 e. The van der Waals surface area contributed by atoms with Crippen LogP contribution in [0.5, 0.6) is 0 Å². The van der Waals surface area contributed by atoms with Crippen LogP contribution < -0.4 is 5.49 Å². The molecule has 2 aromatic rings. The van der Waals surface area contributed by atoms with Crippen molar-refractivity contribution in [3.8, 4) is 0 Å². The number of nitrogens with one attached hydrogen (secondary N) is 1. The van der Waals surface area contributed by atoms with Gasteiger partial charge in [-0.25, -0.2) is 4.98 Å². The highest BCUT2D eigenvalue weighted by Gasteiger charge is 1.89. The van der Waals surface area contributed by atoms with Crippen LogP contribution in [0.25, 0.3) is 6.08 Å². The molecule has 0 spiro atoms. The maximum Gasteiger partial charge on any atom is 0.144 e. The van der Waals surface area contributed by atoms with Crippen molar-refractivity contribution in [3.05, 3.63) is 63.9 Å². The lowest BCUT2D eigenvalue weighted by Gasteiger charge is -1.89. The Hall–Kier alpha value is -1.74. The Morgan fingerprint density at radius 1 is 1.19 bits per heavy atom. The summed E-state index contributed by atoms with van der Waals surface area (Å²) in [7, 11) is 0. The van der Waals surface area contributed by atoms with Gasteiger partial charge < -0.3 is 0 Å². The average Bonchev–Trinajstić information content (AvgIpc) is 2.69. The summed E-state index contributed by atoms with van der Waals surface area (Å²) >= 11 is 1.71. The SMILES string of the molecule is N=c1ccccc(CC=Cc2cccs2)n1. The normalized spacial score (nSPS) is 10.8. The molecule has 1 N–H and O–H groups in total. The minimum Gasteiger partial charge on any atom is -0.283 e. The van der Waals surface area contributed by atoms with Gasteiger partial charge in [0.2, 0.25) is 0 Å². The smallest absolute Gasteiger partial charge is 0.144 e. The van der Waals surface area contributed by atoms with Crippen LogP contribution in [0.4, 0.5) is 0 Å². The molecule has 16 heavy (non-hydrogen) atoms. The number of thiophene rings is 1.